The van der Waals surface area contributed by atoms with Gasteiger partial charge in [0, 0.05) is 19.7 Å². The largest absolute Gasteiger partial charge is 0.378 e. The van der Waals surface area contributed by atoms with E-state index in [-0.39, 0.29) is 11.6 Å². The fraction of sp³-hybridized carbons (Fsp3) is 1.00. The lowest BCUT2D eigenvalue weighted by Gasteiger charge is -2.52. The number of morpholine rings is 1. The van der Waals surface area contributed by atoms with E-state index >= 15 is 0 Å². The molecule has 1 N–H and O–H groups in total. The molecule has 5 nitrogen and oxygen atoms in total. The van der Waals surface area contributed by atoms with Gasteiger partial charge < -0.3 is 19.5 Å². The summed E-state index contributed by atoms with van der Waals surface area (Å²) in [6, 6.07) is 0.377. The average molecular weight is 425 g/mol. The van der Waals surface area contributed by atoms with Crippen molar-refractivity contribution in [1.29, 1.82) is 0 Å². The first-order valence-electron chi connectivity index (χ1n) is 12.7. The van der Waals surface area contributed by atoms with Crippen LogP contribution in [0, 0.1) is 11.8 Å². The average Bonchev–Trinajstić information content (AvgIpc) is 2.78. The van der Waals surface area contributed by atoms with E-state index in [2.05, 4.69) is 10.2 Å². The first-order chi connectivity index (χ1) is 14.7. The molecule has 4 aliphatic heterocycles. The van der Waals surface area contributed by atoms with Crippen molar-refractivity contribution in [2.75, 3.05) is 46.1 Å². The quantitative estimate of drug-likeness (QED) is 0.646. The molecule has 172 valence electrons. The smallest absolute Gasteiger partial charge is 0.101 e. The van der Waals surface area contributed by atoms with E-state index in [1.54, 1.807) is 0 Å². The van der Waals surface area contributed by atoms with Gasteiger partial charge in [-0.15, -0.1) is 0 Å². The Bertz CT molecular complexity index is 545. The summed E-state index contributed by atoms with van der Waals surface area (Å²) < 4.78 is 33.2. The van der Waals surface area contributed by atoms with E-state index in [9.17, 15) is 4.39 Å². The number of nitrogens with one attached hydrogen (secondary N) is 1. The lowest BCUT2D eigenvalue weighted by molar-refractivity contribution is -0.106. The van der Waals surface area contributed by atoms with Crippen LogP contribution in [0.1, 0.15) is 64.2 Å². The Hall–Kier alpha value is -0.270. The van der Waals surface area contributed by atoms with Gasteiger partial charge in [-0.05, 0) is 82.6 Å². The third-order valence-electron chi connectivity index (χ3n) is 8.74. The van der Waals surface area contributed by atoms with Gasteiger partial charge >= 0.3 is 0 Å². The maximum Gasteiger partial charge on any atom is 0.101 e. The predicted molar refractivity (Wildman–Crippen MR) is 114 cm³/mol. The van der Waals surface area contributed by atoms with Crippen LogP contribution in [0.15, 0.2) is 0 Å². The molecule has 5 atom stereocenters. The van der Waals surface area contributed by atoms with E-state index in [4.69, 9.17) is 14.2 Å². The van der Waals surface area contributed by atoms with Gasteiger partial charge in [0.05, 0.1) is 43.6 Å². The number of ether oxygens (including phenoxy) is 3. The summed E-state index contributed by atoms with van der Waals surface area (Å²) in [6.45, 7) is 6.34. The SMILES string of the molecule is FC1CCC2OCCCN3CCC[C@]4(COCCN4)[C@H]3COC3CCC(CC3)C2C1. The van der Waals surface area contributed by atoms with E-state index in [1.165, 1.54) is 25.7 Å². The Morgan fingerprint density at radius 3 is 2.63 bits per heavy atom. The molecule has 6 rings (SSSR count). The fourth-order valence-corrected chi connectivity index (χ4v) is 7.09. The Labute approximate surface area is 181 Å². The minimum atomic E-state index is -0.627. The highest BCUT2D eigenvalue weighted by Crippen LogP contribution is 2.42. The van der Waals surface area contributed by atoms with Gasteiger partial charge in [-0.1, -0.05) is 0 Å². The lowest BCUT2D eigenvalue weighted by Crippen LogP contribution is -2.70. The van der Waals surface area contributed by atoms with Gasteiger partial charge in [0.1, 0.15) is 6.17 Å². The number of halogens is 1. The van der Waals surface area contributed by atoms with Crippen molar-refractivity contribution >= 4 is 0 Å². The minimum Gasteiger partial charge on any atom is -0.378 e. The number of hydrogen-bond donors (Lipinski definition) is 1. The summed E-state index contributed by atoms with van der Waals surface area (Å²) in [5.74, 6) is 1.02. The summed E-state index contributed by atoms with van der Waals surface area (Å²) >= 11 is 0. The van der Waals surface area contributed by atoms with Crippen molar-refractivity contribution in [3.63, 3.8) is 0 Å². The third-order valence-corrected chi connectivity index (χ3v) is 8.74. The lowest BCUT2D eigenvalue weighted by atomic mass is 9.71. The molecule has 30 heavy (non-hydrogen) atoms. The maximum atomic E-state index is 14.2. The topological polar surface area (TPSA) is 43.0 Å². The molecule has 2 aliphatic carbocycles. The first kappa shape index (κ1) is 21.6. The molecule has 2 bridgehead atoms. The van der Waals surface area contributed by atoms with Gasteiger partial charge in [0.15, 0.2) is 0 Å². The van der Waals surface area contributed by atoms with Crippen LogP contribution in [0.3, 0.4) is 0 Å². The minimum absolute atomic E-state index is 0.0379. The number of alkyl halides is 1. The predicted octanol–water partition coefficient (Wildman–Crippen LogP) is 3.31. The van der Waals surface area contributed by atoms with E-state index in [0.717, 1.165) is 71.7 Å². The molecule has 2 saturated carbocycles. The van der Waals surface area contributed by atoms with Crippen LogP contribution in [0.25, 0.3) is 0 Å². The van der Waals surface area contributed by atoms with Crippen molar-refractivity contribution in [2.45, 2.75) is 94.2 Å². The van der Waals surface area contributed by atoms with Crippen LogP contribution in [-0.4, -0.2) is 80.9 Å². The van der Waals surface area contributed by atoms with Crippen molar-refractivity contribution in [2.24, 2.45) is 11.8 Å². The molecule has 6 fully saturated rings. The molecule has 0 amide bonds. The van der Waals surface area contributed by atoms with Crippen LogP contribution >= 0.6 is 0 Å². The van der Waals surface area contributed by atoms with Gasteiger partial charge in [-0.2, -0.15) is 0 Å². The molecule has 6 aliphatic rings. The molecule has 0 radical (unpaired) electrons. The number of fused-ring (bicyclic) bond motifs is 6. The van der Waals surface area contributed by atoms with Crippen molar-refractivity contribution in [3.8, 4) is 0 Å². The van der Waals surface area contributed by atoms with Crippen LogP contribution in [0.2, 0.25) is 0 Å². The second-order valence-corrected chi connectivity index (χ2v) is 10.5. The second kappa shape index (κ2) is 9.70. The zero-order valence-electron chi connectivity index (χ0n) is 18.5. The maximum absolute atomic E-state index is 14.2. The highest BCUT2D eigenvalue weighted by molar-refractivity contribution is 5.04. The Balaban J connectivity index is 1.31. The van der Waals surface area contributed by atoms with E-state index in [0.29, 0.717) is 36.8 Å². The molecule has 3 unspecified atom stereocenters. The summed E-state index contributed by atoms with van der Waals surface area (Å²) in [4.78, 5) is 2.64. The molecule has 1 spiro atoms. The third kappa shape index (κ3) is 4.59. The zero-order valence-corrected chi connectivity index (χ0v) is 18.5. The van der Waals surface area contributed by atoms with Crippen LogP contribution in [0.4, 0.5) is 4.39 Å². The zero-order chi connectivity index (χ0) is 20.4. The Morgan fingerprint density at radius 2 is 1.80 bits per heavy atom. The van der Waals surface area contributed by atoms with Gasteiger partial charge in [-0.3, -0.25) is 4.90 Å². The van der Waals surface area contributed by atoms with Crippen LogP contribution in [0.5, 0.6) is 0 Å². The second-order valence-electron chi connectivity index (χ2n) is 10.5. The molecular formula is C24H41FN2O3. The monoisotopic (exact) mass is 424 g/mol. The van der Waals surface area contributed by atoms with Crippen LogP contribution < -0.4 is 5.32 Å². The molecule has 6 heteroatoms. The highest BCUT2D eigenvalue weighted by Gasteiger charge is 2.46. The van der Waals surface area contributed by atoms with Crippen molar-refractivity contribution < 1.29 is 18.6 Å². The van der Waals surface area contributed by atoms with E-state index < -0.39 is 6.17 Å². The molecule has 0 aromatic carbocycles. The number of hydrogen-bond acceptors (Lipinski definition) is 5. The molecule has 0 aromatic heterocycles. The summed E-state index contributed by atoms with van der Waals surface area (Å²) in [5.41, 5.74) is 0.0379. The van der Waals surface area contributed by atoms with Gasteiger partial charge in [-0.25, -0.2) is 4.39 Å². The number of piperidine rings is 1. The standard InChI is InChI=1S/C24H41FN2O3/c25-19-5-8-22-21(15-19)18-3-6-20(7-4-18)30-16-23-24(17-28-14-10-26-24)9-1-11-27(23)12-2-13-29-22/h18-23,26H,1-17H2/t18?,19?,20?,21?,22?,23-,24+/m1/s1. The highest BCUT2D eigenvalue weighted by atomic mass is 19.1. The van der Waals surface area contributed by atoms with Gasteiger partial charge in [0.2, 0.25) is 0 Å². The number of rotatable bonds is 0. The van der Waals surface area contributed by atoms with Crippen LogP contribution in [-0.2, 0) is 14.2 Å². The summed E-state index contributed by atoms with van der Waals surface area (Å²) in [6.07, 6.45) is 10.3. The molecule has 4 saturated heterocycles. The summed E-state index contributed by atoms with van der Waals surface area (Å²) in [5, 5.41) is 3.84. The molecule has 4 heterocycles. The normalized spacial score (nSPS) is 46.7. The molecular weight excluding hydrogens is 383 g/mol. The van der Waals surface area contributed by atoms with E-state index in [1.807, 2.05) is 0 Å². The number of nitrogens with zero attached hydrogens (tertiary/aromatic N) is 1. The van der Waals surface area contributed by atoms with Crippen molar-refractivity contribution in [1.82, 2.24) is 10.2 Å². The molecule has 0 aromatic rings. The van der Waals surface area contributed by atoms with Gasteiger partial charge in [0.25, 0.3) is 0 Å². The fourth-order valence-electron chi connectivity index (χ4n) is 7.09. The Kier molecular flexibility index (Phi) is 6.97. The van der Waals surface area contributed by atoms with Crippen molar-refractivity contribution in [3.05, 3.63) is 0 Å². The first-order valence-corrected chi connectivity index (χ1v) is 12.7. The Morgan fingerprint density at radius 1 is 0.933 bits per heavy atom. The summed E-state index contributed by atoms with van der Waals surface area (Å²) in [7, 11) is 0.